The zero-order chi connectivity index (χ0) is 25.0. The van der Waals surface area contributed by atoms with E-state index in [1.807, 2.05) is 0 Å². The van der Waals surface area contributed by atoms with Crippen molar-refractivity contribution >= 4 is 33.0 Å². The van der Waals surface area contributed by atoms with E-state index in [4.69, 9.17) is 4.74 Å². The molecule has 2 aromatic rings. The molecule has 0 spiro atoms. The number of carbonyl (C=O) groups excluding carboxylic acids is 1. The molecule has 1 fully saturated rings. The second-order valence-electron chi connectivity index (χ2n) is 7.24. The summed E-state index contributed by atoms with van der Waals surface area (Å²) in [5.41, 5.74) is -1.22. The monoisotopic (exact) mass is 497 g/mol. The Hall–Kier alpha value is -3.69. The summed E-state index contributed by atoms with van der Waals surface area (Å²) in [5, 5.41) is 24.6. The van der Waals surface area contributed by atoms with E-state index in [2.05, 4.69) is 5.32 Å². The third kappa shape index (κ3) is 5.44. The second kappa shape index (κ2) is 10.1. The number of nitrogens with one attached hydrogen (secondary N) is 1. The third-order valence-corrected chi connectivity index (χ3v) is 7.01. The van der Waals surface area contributed by atoms with Crippen molar-refractivity contribution in [2.24, 2.45) is 0 Å². The number of halogens is 1. The van der Waals surface area contributed by atoms with Gasteiger partial charge in [0.25, 0.3) is 5.69 Å². The summed E-state index contributed by atoms with van der Waals surface area (Å²) in [5.74, 6) is -1.47. The molecule has 1 amide bonds. The molecule has 1 aliphatic heterocycles. The number of hydrogen-bond donors (Lipinski definition) is 1. The first-order valence-electron chi connectivity index (χ1n) is 9.81. The minimum Gasteiger partial charge on any atom is -0.490 e. The van der Waals surface area contributed by atoms with E-state index >= 15 is 0 Å². The highest BCUT2D eigenvalue weighted by Crippen LogP contribution is 2.31. The molecule has 13 nitrogen and oxygen atoms in total. The summed E-state index contributed by atoms with van der Waals surface area (Å²) in [6, 6.07) is 6.13. The number of nitrogens with zero attached hydrogens (tertiary/aromatic N) is 4. The Morgan fingerprint density at radius 1 is 1.06 bits per heavy atom. The maximum Gasteiger partial charge on any atom is 0.312 e. The average molecular weight is 497 g/mol. The van der Waals surface area contributed by atoms with E-state index < -0.39 is 43.0 Å². The summed E-state index contributed by atoms with van der Waals surface area (Å²) in [4.78, 5) is 34.4. The quantitative estimate of drug-likeness (QED) is 0.421. The first kappa shape index (κ1) is 24.9. The van der Waals surface area contributed by atoms with Gasteiger partial charge >= 0.3 is 5.69 Å². The molecule has 182 valence electrons. The number of sulfonamides is 1. The molecule has 2 aromatic carbocycles. The van der Waals surface area contributed by atoms with Crippen LogP contribution in [0.4, 0.5) is 21.5 Å². The number of rotatable bonds is 8. The molecule has 0 unspecified atom stereocenters. The van der Waals surface area contributed by atoms with Gasteiger partial charge in [0.2, 0.25) is 15.9 Å². The van der Waals surface area contributed by atoms with E-state index in [0.29, 0.717) is 6.07 Å². The molecule has 1 aliphatic rings. The number of benzene rings is 2. The van der Waals surface area contributed by atoms with Gasteiger partial charge in [-0.05, 0) is 24.3 Å². The number of ether oxygens (including phenoxy) is 1. The van der Waals surface area contributed by atoms with Gasteiger partial charge in [-0.2, -0.15) is 4.31 Å². The zero-order valence-corrected chi connectivity index (χ0v) is 18.7. The largest absolute Gasteiger partial charge is 0.490 e. The van der Waals surface area contributed by atoms with Crippen LogP contribution < -0.4 is 10.1 Å². The molecule has 15 heteroatoms. The van der Waals surface area contributed by atoms with Crippen molar-refractivity contribution in [2.75, 3.05) is 45.2 Å². The molecule has 1 heterocycles. The van der Waals surface area contributed by atoms with E-state index in [1.54, 1.807) is 4.90 Å². The number of piperazine rings is 1. The molecule has 0 saturated carbocycles. The Balaban J connectivity index is 1.63. The summed E-state index contributed by atoms with van der Waals surface area (Å²) in [6.07, 6.45) is 0. The van der Waals surface area contributed by atoms with Gasteiger partial charge in [-0.1, -0.05) is 0 Å². The van der Waals surface area contributed by atoms with Crippen molar-refractivity contribution in [3.05, 3.63) is 62.4 Å². The van der Waals surface area contributed by atoms with Crippen LogP contribution in [-0.4, -0.2) is 73.2 Å². The number of hydrogen-bond acceptors (Lipinski definition) is 9. The average Bonchev–Trinajstić information content (AvgIpc) is 2.79. The molecule has 1 saturated heterocycles. The van der Waals surface area contributed by atoms with Crippen LogP contribution in [-0.2, 0) is 14.8 Å². The molecule has 0 radical (unpaired) electrons. The predicted molar refractivity (Wildman–Crippen MR) is 117 cm³/mol. The molecule has 0 aliphatic carbocycles. The number of amides is 1. The highest BCUT2D eigenvalue weighted by Gasteiger charge is 2.31. The van der Waals surface area contributed by atoms with Crippen molar-refractivity contribution in [2.45, 2.75) is 4.90 Å². The lowest BCUT2D eigenvalue weighted by atomic mass is 10.2. The molecule has 0 aromatic heterocycles. The summed E-state index contributed by atoms with van der Waals surface area (Å²) >= 11 is 0. The zero-order valence-electron chi connectivity index (χ0n) is 17.8. The standard InChI is InChI=1S/C19H20FN5O8S/c1-33-18-5-3-14(11-17(18)25(29)30)34(31,32)23-8-6-22(7-9-23)12-19(26)21-15-4-2-13(20)10-16(15)24(27)28/h2-5,10-11H,6-9,12H2,1H3,(H,21,26). The van der Waals surface area contributed by atoms with Crippen LogP contribution in [0.1, 0.15) is 0 Å². The number of carbonyl (C=O) groups is 1. The van der Waals surface area contributed by atoms with Gasteiger partial charge in [-0.15, -0.1) is 0 Å². The molecular weight excluding hydrogens is 477 g/mol. The van der Waals surface area contributed by atoms with Crippen molar-refractivity contribution in [1.82, 2.24) is 9.21 Å². The SMILES string of the molecule is COc1ccc(S(=O)(=O)N2CCN(CC(=O)Nc3ccc(F)cc3[N+](=O)[O-])CC2)cc1[N+](=O)[O-]. The lowest BCUT2D eigenvalue weighted by molar-refractivity contribution is -0.386. The van der Waals surface area contributed by atoms with E-state index in [-0.39, 0.29) is 49.1 Å². The number of nitro groups is 2. The molecule has 3 rings (SSSR count). The van der Waals surface area contributed by atoms with Gasteiger partial charge in [0, 0.05) is 32.2 Å². The van der Waals surface area contributed by atoms with Gasteiger partial charge in [0.15, 0.2) is 5.75 Å². The van der Waals surface area contributed by atoms with Crippen molar-refractivity contribution in [3.8, 4) is 5.75 Å². The highest BCUT2D eigenvalue weighted by molar-refractivity contribution is 7.89. The minimum absolute atomic E-state index is 0.0200. The van der Waals surface area contributed by atoms with Crippen molar-refractivity contribution < 1.29 is 32.2 Å². The number of nitro benzene ring substituents is 2. The maximum atomic E-state index is 13.3. The van der Waals surface area contributed by atoms with Crippen LogP contribution in [0.3, 0.4) is 0 Å². The highest BCUT2D eigenvalue weighted by atomic mass is 32.2. The molecule has 34 heavy (non-hydrogen) atoms. The lowest BCUT2D eigenvalue weighted by Crippen LogP contribution is -2.50. The van der Waals surface area contributed by atoms with E-state index in [0.717, 1.165) is 22.5 Å². The van der Waals surface area contributed by atoms with Crippen LogP contribution in [0.15, 0.2) is 41.3 Å². The topological polar surface area (TPSA) is 165 Å². The number of methoxy groups -OCH3 is 1. The minimum atomic E-state index is -4.03. The van der Waals surface area contributed by atoms with E-state index in [9.17, 15) is 37.8 Å². The lowest BCUT2D eigenvalue weighted by Gasteiger charge is -2.33. The van der Waals surface area contributed by atoms with Gasteiger partial charge in [-0.3, -0.25) is 29.9 Å². The first-order chi connectivity index (χ1) is 16.0. The van der Waals surface area contributed by atoms with E-state index in [1.165, 1.54) is 19.2 Å². The Labute approximate surface area is 193 Å². The molecular formula is C19H20FN5O8S. The van der Waals surface area contributed by atoms with Gasteiger partial charge < -0.3 is 10.1 Å². The molecule has 0 atom stereocenters. The Bertz CT molecular complexity index is 1230. The summed E-state index contributed by atoms with van der Waals surface area (Å²) in [7, 11) is -2.79. The van der Waals surface area contributed by atoms with Gasteiger partial charge in [0.1, 0.15) is 11.5 Å². The number of anilines is 1. The first-order valence-corrected chi connectivity index (χ1v) is 11.3. The van der Waals surface area contributed by atoms with Crippen molar-refractivity contribution in [1.29, 1.82) is 0 Å². The van der Waals surface area contributed by atoms with Crippen molar-refractivity contribution in [3.63, 3.8) is 0 Å². The summed E-state index contributed by atoms with van der Waals surface area (Å²) in [6.45, 7) is 0.224. The van der Waals surface area contributed by atoms with Crippen LogP contribution in [0.2, 0.25) is 0 Å². The smallest absolute Gasteiger partial charge is 0.312 e. The van der Waals surface area contributed by atoms with Crippen LogP contribution in [0.5, 0.6) is 5.75 Å². The maximum absolute atomic E-state index is 13.3. The van der Waals surface area contributed by atoms with Gasteiger partial charge in [-0.25, -0.2) is 12.8 Å². The van der Waals surface area contributed by atoms with Gasteiger partial charge in [0.05, 0.1) is 34.5 Å². The fourth-order valence-electron chi connectivity index (χ4n) is 3.40. The fraction of sp³-hybridized carbons (Fsp3) is 0.316. The van der Waals surface area contributed by atoms with Crippen LogP contribution in [0, 0.1) is 26.0 Å². The fourth-order valence-corrected chi connectivity index (χ4v) is 4.85. The predicted octanol–water partition coefficient (Wildman–Crippen LogP) is 1.60. The normalized spacial score (nSPS) is 15.0. The Morgan fingerprint density at radius 2 is 1.71 bits per heavy atom. The third-order valence-electron chi connectivity index (χ3n) is 5.11. The van der Waals surface area contributed by atoms with Crippen LogP contribution in [0.25, 0.3) is 0 Å². The Morgan fingerprint density at radius 3 is 2.29 bits per heavy atom. The summed E-state index contributed by atoms with van der Waals surface area (Å²) < 4.78 is 45.2. The Kier molecular flexibility index (Phi) is 7.38. The van der Waals surface area contributed by atoms with Crippen LogP contribution >= 0.6 is 0 Å². The molecule has 1 N–H and O–H groups in total. The molecule has 0 bridgehead atoms. The second-order valence-corrected chi connectivity index (χ2v) is 9.18.